The fraction of sp³-hybridized carbons (Fsp3) is 0.600. The highest BCUT2D eigenvalue weighted by Crippen LogP contribution is 2.13. The molecule has 0 aliphatic carbocycles. The van der Waals surface area contributed by atoms with Gasteiger partial charge in [0, 0.05) is 58.7 Å². The molecule has 0 bridgehead atoms. The normalized spacial score (nSPS) is 16.0. The number of guanidine groups is 1. The van der Waals surface area contributed by atoms with Crippen molar-refractivity contribution < 1.29 is 4.79 Å². The van der Waals surface area contributed by atoms with Crippen LogP contribution in [0.3, 0.4) is 0 Å². The summed E-state index contributed by atoms with van der Waals surface area (Å²) in [4.78, 5) is 23.6. The van der Waals surface area contributed by atoms with E-state index in [0.717, 1.165) is 38.7 Å². The third kappa shape index (κ3) is 6.27. The Morgan fingerprint density at radius 2 is 2.04 bits per heavy atom. The average molecular weight is 451 g/mol. The molecule has 0 saturated carbocycles. The van der Waals surface area contributed by atoms with Crippen LogP contribution in [0.1, 0.15) is 4.88 Å². The number of halogens is 1. The van der Waals surface area contributed by atoms with Gasteiger partial charge in [-0.1, -0.05) is 6.07 Å². The zero-order valence-electron chi connectivity index (χ0n) is 14.0. The highest BCUT2D eigenvalue weighted by Gasteiger charge is 2.20. The highest BCUT2D eigenvalue weighted by atomic mass is 127. The molecule has 1 fully saturated rings. The predicted octanol–water partition coefficient (Wildman–Crippen LogP) is 1.15. The Kier molecular flexibility index (Phi) is 8.85. The molecule has 1 amide bonds. The van der Waals surface area contributed by atoms with Crippen molar-refractivity contribution in [2.24, 2.45) is 4.99 Å². The first kappa shape index (κ1) is 20.2. The third-order valence-corrected chi connectivity index (χ3v) is 4.60. The lowest BCUT2D eigenvalue weighted by Crippen LogP contribution is -2.53. The van der Waals surface area contributed by atoms with Crippen LogP contribution in [0.25, 0.3) is 0 Å². The molecule has 2 heterocycles. The van der Waals surface area contributed by atoms with Gasteiger partial charge < -0.3 is 15.1 Å². The summed E-state index contributed by atoms with van der Waals surface area (Å²) in [6.07, 6.45) is 0. The minimum Gasteiger partial charge on any atom is -0.347 e. The maximum atomic E-state index is 11.7. The van der Waals surface area contributed by atoms with Crippen molar-refractivity contribution in [1.29, 1.82) is 0 Å². The molecule has 130 valence electrons. The van der Waals surface area contributed by atoms with Gasteiger partial charge in [0.05, 0.1) is 6.54 Å². The Hall–Kier alpha value is -0.870. The van der Waals surface area contributed by atoms with Crippen LogP contribution < -0.4 is 5.32 Å². The van der Waals surface area contributed by atoms with Crippen LogP contribution in [0.5, 0.6) is 0 Å². The van der Waals surface area contributed by atoms with Crippen molar-refractivity contribution in [2.45, 2.75) is 6.54 Å². The van der Waals surface area contributed by atoms with Crippen LogP contribution in [0.4, 0.5) is 0 Å². The lowest BCUT2D eigenvalue weighted by molar-refractivity contribution is -0.127. The van der Waals surface area contributed by atoms with Crippen LogP contribution in [-0.2, 0) is 11.3 Å². The number of hydrogen-bond donors (Lipinski definition) is 1. The summed E-state index contributed by atoms with van der Waals surface area (Å²) >= 11 is 1.81. The summed E-state index contributed by atoms with van der Waals surface area (Å²) in [5, 5.41) is 5.27. The molecule has 1 aromatic rings. The first-order valence-electron chi connectivity index (χ1n) is 7.50. The molecule has 8 heteroatoms. The van der Waals surface area contributed by atoms with E-state index in [4.69, 9.17) is 0 Å². The number of nitrogens with zero attached hydrogens (tertiary/aromatic N) is 4. The van der Waals surface area contributed by atoms with Gasteiger partial charge in [-0.15, -0.1) is 35.3 Å². The Balaban J connectivity index is 0.00000264. The molecule has 1 aliphatic heterocycles. The minimum atomic E-state index is 0. The standard InChI is InChI=1S/C15H25N5OS.HI/c1-16-15(17-11-14(21)18(2)3)20-8-6-19(7-9-20)12-13-5-4-10-22-13;/h4-5,10H,6-9,11-12H2,1-3H3,(H,16,17);1H. The van der Waals surface area contributed by atoms with Crippen molar-refractivity contribution in [2.75, 3.05) is 53.9 Å². The summed E-state index contributed by atoms with van der Waals surface area (Å²) in [7, 11) is 5.28. The number of likely N-dealkylation sites (N-methyl/N-ethyl adjacent to an activating group) is 1. The van der Waals surface area contributed by atoms with E-state index in [1.807, 2.05) is 11.3 Å². The van der Waals surface area contributed by atoms with E-state index < -0.39 is 0 Å². The maximum absolute atomic E-state index is 11.7. The van der Waals surface area contributed by atoms with Crippen LogP contribution in [-0.4, -0.2) is 80.4 Å². The van der Waals surface area contributed by atoms with E-state index in [0.29, 0.717) is 0 Å². The van der Waals surface area contributed by atoms with Gasteiger partial charge in [-0.2, -0.15) is 0 Å². The maximum Gasteiger partial charge on any atom is 0.241 e. The molecule has 1 aromatic heterocycles. The zero-order valence-corrected chi connectivity index (χ0v) is 17.1. The first-order chi connectivity index (χ1) is 10.6. The van der Waals surface area contributed by atoms with Crippen molar-refractivity contribution in [1.82, 2.24) is 20.0 Å². The number of aliphatic imine (C=N–C) groups is 1. The summed E-state index contributed by atoms with van der Waals surface area (Å²) in [6.45, 7) is 5.20. The molecule has 0 radical (unpaired) electrons. The second kappa shape index (κ2) is 10.1. The van der Waals surface area contributed by atoms with E-state index in [1.54, 1.807) is 26.0 Å². The van der Waals surface area contributed by atoms with Crippen LogP contribution >= 0.6 is 35.3 Å². The summed E-state index contributed by atoms with van der Waals surface area (Å²) in [5.74, 6) is 0.864. The molecule has 23 heavy (non-hydrogen) atoms. The molecule has 0 atom stereocenters. The number of piperazine rings is 1. The van der Waals surface area contributed by atoms with Gasteiger partial charge in [0.25, 0.3) is 0 Å². The number of hydrogen-bond acceptors (Lipinski definition) is 4. The highest BCUT2D eigenvalue weighted by molar-refractivity contribution is 14.0. The second-order valence-corrected chi connectivity index (χ2v) is 6.56. The zero-order chi connectivity index (χ0) is 15.9. The topological polar surface area (TPSA) is 51.2 Å². The second-order valence-electron chi connectivity index (χ2n) is 5.53. The third-order valence-electron chi connectivity index (χ3n) is 3.74. The number of rotatable bonds is 4. The summed E-state index contributed by atoms with van der Waals surface area (Å²) in [6, 6.07) is 4.29. The predicted molar refractivity (Wildman–Crippen MR) is 107 cm³/mol. The van der Waals surface area contributed by atoms with Gasteiger partial charge >= 0.3 is 0 Å². The van der Waals surface area contributed by atoms with Gasteiger partial charge in [-0.05, 0) is 11.4 Å². The Bertz CT molecular complexity index is 498. The van der Waals surface area contributed by atoms with Crippen molar-refractivity contribution in [3.8, 4) is 0 Å². The molecule has 0 spiro atoms. The lowest BCUT2D eigenvalue weighted by atomic mass is 10.3. The summed E-state index contributed by atoms with van der Waals surface area (Å²) in [5.41, 5.74) is 0. The average Bonchev–Trinajstić information content (AvgIpc) is 3.02. The van der Waals surface area contributed by atoms with E-state index >= 15 is 0 Å². The molecule has 0 aromatic carbocycles. The van der Waals surface area contributed by atoms with E-state index in [9.17, 15) is 4.79 Å². The van der Waals surface area contributed by atoms with Crippen molar-refractivity contribution in [3.05, 3.63) is 22.4 Å². The molecular formula is C15H26IN5OS. The quantitative estimate of drug-likeness (QED) is 0.424. The Morgan fingerprint density at radius 3 is 2.57 bits per heavy atom. The van der Waals surface area contributed by atoms with Crippen molar-refractivity contribution >= 4 is 47.2 Å². The lowest BCUT2D eigenvalue weighted by Gasteiger charge is -2.36. The monoisotopic (exact) mass is 451 g/mol. The first-order valence-corrected chi connectivity index (χ1v) is 8.38. The van der Waals surface area contributed by atoms with Crippen LogP contribution in [0.2, 0.25) is 0 Å². The van der Waals surface area contributed by atoms with E-state index in [1.165, 1.54) is 4.88 Å². The SMILES string of the molecule is CN=C(NCC(=O)N(C)C)N1CCN(Cc2cccs2)CC1.I. The van der Waals surface area contributed by atoms with Gasteiger partial charge in [-0.25, -0.2) is 0 Å². The van der Waals surface area contributed by atoms with E-state index in [2.05, 4.69) is 37.6 Å². The minimum absolute atomic E-state index is 0. The molecule has 2 rings (SSSR count). The molecule has 1 N–H and O–H groups in total. The molecule has 0 unspecified atom stereocenters. The van der Waals surface area contributed by atoms with Crippen LogP contribution in [0.15, 0.2) is 22.5 Å². The van der Waals surface area contributed by atoms with Gasteiger partial charge in [0.2, 0.25) is 5.91 Å². The molecule has 1 saturated heterocycles. The molecule has 6 nitrogen and oxygen atoms in total. The van der Waals surface area contributed by atoms with E-state index in [-0.39, 0.29) is 36.4 Å². The van der Waals surface area contributed by atoms with Gasteiger partial charge in [-0.3, -0.25) is 14.7 Å². The fourth-order valence-corrected chi connectivity index (χ4v) is 3.13. The Labute approximate surface area is 159 Å². The number of amides is 1. The Morgan fingerprint density at radius 1 is 1.35 bits per heavy atom. The van der Waals surface area contributed by atoms with Crippen molar-refractivity contribution in [3.63, 3.8) is 0 Å². The van der Waals surface area contributed by atoms with Gasteiger partial charge in [0.1, 0.15) is 0 Å². The van der Waals surface area contributed by atoms with Crippen LogP contribution in [0, 0.1) is 0 Å². The number of carbonyl (C=O) groups excluding carboxylic acids is 1. The largest absolute Gasteiger partial charge is 0.347 e. The molecule has 1 aliphatic rings. The number of carbonyl (C=O) groups is 1. The fourth-order valence-electron chi connectivity index (χ4n) is 2.39. The van der Waals surface area contributed by atoms with Gasteiger partial charge in [0.15, 0.2) is 5.96 Å². The number of nitrogens with one attached hydrogen (secondary N) is 1. The number of thiophene rings is 1. The smallest absolute Gasteiger partial charge is 0.241 e. The molecular weight excluding hydrogens is 425 g/mol. The summed E-state index contributed by atoms with van der Waals surface area (Å²) < 4.78 is 0.